The third-order valence-electron chi connectivity index (χ3n) is 2.45. The largest absolute Gasteiger partial charge is 0.506 e. The number of halogens is 2. The van der Waals surface area contributed by atoms with E-state index in [1.165, 1.54) is 17.4 Å². The molecule has 2 rings (SSSR count). The molecule has 0 aliphatic heterocycles. The summed E-state index contributed by atoms with van der Waals surface area (Å²) in [5.41, 5.74) is 1.10. The van der Waals surface area contributed by atoms with Crippen LogP contribution in [0.5, 0.6) is 5.75 Å². The van der Waals surface area contributed by atoms with Gasteiger partial charge in [0.05, 0.1) is 15.6 Å². The molecular weight excluding hydrogens is 275 g/mol. The lowest BCUT2D eigenvalue weighted by Gasteiger charge is -2.05. The second kappa shape index (κ2) is 4.74. The van der Waals surface area contributed by atoms with Gasteiger partial charge < -0.3 is 10.0 Å². The number of nitrogens with zero attached hydrogens (tertiary/aromatic N) is 2. The molecule has 96 valence electrons. The number of aromatic nitrogens is 1. The first-order valence-corrected chi connectivity index (χ1v) is 6.42. The minimum absolute atomic E-state index is 0.130. The third kappa shape index (κ3) is 2.28. The molecule has 0 saturated carbocycles. The molecule has 3 nitrogen and oxygen atoms in total. The second-order valence-corrected chi connectivity index (χ2v) is 5.47. The Labute approximate surface area is 113 Å². The molecule has 0 saturated heterocycles. The quantitative estimate of drug-likeness (QED) is 0.915. The van der Waals surface area contributed by atoms with E-state index in [-0.39, 0.29) is 10.8 Å². The van der Waals surface area contributed by atoms with E-state index >= 15 is 0 Å². The van der Waals surface area contributed by atoms with Gasteiger partial charge in [-0.2, -0.15) is 0 Å². The highest BCUT2D eigenvalue weighted by atomic mass is 35.5. The maximum absolute atomic E-state index is 13.9. The van der Waals surface area contributed by atoms with Crippen molar-refractivity contribution in [2.45, 2.75) is 6.92 Å². The van der Waals surface area contributed by atoms with Crippen molar-refractivity contribution in [3.63, 3.8) is 0 Å². The van der Waals surface area contributed by atoms with Gasteiger partial charge in [0.1, 0.15) is 11.6 Å². The molecule has 6 heteroatoms. The van der Waals surface area contributed by atoms with Gasteiger partial charge in [0.15, 0.2) is 5.13 Å². The van der Waals surface area contributed by atoms with Gasteiger partial charge in [-0.3, -0.25) is 0 Å². The van der Waals surface area contributed by atoms with Crippen molar-refractivity contribution < 1.29 is 9.50 Å². The molecular formula is C12H12ClFN2OS. The van der Waals surface area contributed by atoms with Crippen molar-refractivity contribution in [2.24, 2.45) is 0 Å². The Kier molecular flexibility index (Phi) is 3.45. The van der Waals surface area contributed by atoms with Gasteiger partial charge in [-0.1, -0.05) is 22.9 Å². The third-order valence-corrected chi connectivity index (χ3v) is 4.11. The topological polar surface area (TPSA) is 36.4 Å². The fourth-order valence-electron chi connectivity index (χ4n) is 1.53. The summed E-state index contributed by atoms with van der Waals surface area (Å²) in [5.74, 6) is -0.762. The zero-order valence-corrected chi connectivity index (χ0v) is 11.7. The van der Waals surface area contributed by atoms with E-state index in [1.54, 1.807) is 0 Å². The summed E-state index contributed by atoms with van der Waals surface area (Å²) in [7, 11) is 3.75. The standard InChI is InChI=1S/C12H12ClFN2OS/c1-6-11(18-12(15-6)16(2)3)7-4-8(13)10(17)5-9(7)14/h4-5,17H,1-3H3. The van der Waals surface area contributed by atoms with Crippen LogP contribution < -0.4 is 4.90 Å². The fraction of sp³-hybridized carbons (Fsp3) is 0.250. The highest BCUT2D eigenvalue weighted by Crippen LogP contribution is 2.38. The van der Waals surface area contributed by atoms with Gasteiger partial charge in [0.25, 0.3) is 0 Å². The Bertz CT molecular complexity index is 598. The van der Waals surface area contributed by atoms with Crippen molar-refractivity contribution in [2.75, 3.05) is 19.0 Å². The van der Waals surface area contributed by atoms with E-state index in [2.05, 4.69) is 4.98 Å². The Morgan fingerprint density at radius 3 is 2.61 bits per heavy atom. The summed E-state index contributed by atoms with van der Waals surface area (Å²) in [6, 6.07) is 2.44. The number of rotatable bonds is 2. The molecule has 0 atom stereocenters. The number of aryl methyl sites for hydroxylation is 1. The fourth-order valence-corrected chi connectivity index (χ4v) is 2.70. The number of hydrogen-bond acceptors (Lipinski definition) is 4. The van der Waals surface area contributed by atoms with Crippen molar-refractivity contribution in [1.29, 1.82) is 0 Å². The summed E-state index contributed by atoms with van der Waals surface area (Å²) in [5, 5.41) is 10.3. The Balaban J connectivity index is 2.58. The Morgan fingerprint density at radius 1 is 1.39 bits per heavy atom. The Hall–Kier alpha value is -1.33. The molecule has 18 heavy (non-hydrogen) atoms. The number of thiazole rings is 1. The molecule has 1 heterocycles. The molecule has 0 aliphatic carbocycles. The number of anilines is 1. The smallest absolute Gasteiger partial charge is 0.185 e. The molecule has 1 aromatic carbocycles. The molecule has 0 unspecified atom stereocenters. The average Bonchev–Trinajstić information content (AvgIpc) is 2.66. The van der Waals surface area contributed by atoms with Gasteiger partial charge in [0.2, 0.25) is 0 Å². The highest BCUT2D eigenvalue weighted by Gasteiger charge is 2.16. The van der Waals surface area contributed by atoms with Gasteiger partial charge in [-0.25, -0.2) is 9.37 Å². The normalized spacial score (nSPS) is 10.7. The summed E-state index contributed by atoms with van der Waals surface area (Å²) in [4.78, 5) is 6.93. The first kappa shape index (κ1) is 13.1. The van der Waals surface area contributed by atoms with Crippen LogP contribution in [-0.2, 0) is 0 Å². The van der Waals surface area contributed by atoms with Crippen LogP contribution in [0.4, 0.5) is 9.52 Å². The van der Waals surface area contributed by atoms with Crippen LogP contribution in [0.3, 0.4) is 0 Å². The van der Waals surface area contributed by atoms with Crippen LogP contribution in [0.2, 0.25) is 5.02 Å². The van der Waals surface area contributed by atoms with Gasteiger partial charge in [-0.15, -0.1) is 0 Å². The van der Waals surface area contributed by atoms with E-state index < -0.39 is 5.82 Å². The van der Waals surface area contributed by atoms with Crippen LogP contribution in [0.15, 0.2) is 12.1 Å². The van der Waals surface area contributed by atoms with Gasteiger partial charge in [-0.05, 0) is 13.0 Å². The van der Waals surface area contributed by atoms with E-state index in [4.69, 9.17) is 11.6 Å². The molecule has 0 radical (unpaired) electrons. The van der Waals surface area contributed by atoms with Crippen LogP contribution in [0.25, 0.3) is 10.4 Å². The lowest BCUT2D eigenvalue weighted by Crippen LogP contribution is -2.07. The van der Waals surface area contributed by atoms with E-state index in [9.17, 15) is 9.50 Å². The van der Waals surface area contributed by atoms with Crippen LogP contribution in [-0.4, -0.2) is 24.2 Å². The molecule has 1 aromatic heterocycles. The molecule has 1 N–H and O–H groups in total. The predicted octanol–water partition coefficient (Wildman–Crippen LogP) is 3.68. The summed E-state index contributed by atoms with van der Waals surface area (Å²) in [6.07, 6.45) is 0. The van der Waals surface area contributed by atoms with Gasteiger partial charge in [0, 0.05) is 25.7 Å². The van der Waals surface area contributed by atoms with Gasteiger partial charge >= 0.3 is 0 Å². The van der Waals surface area contributed by atoms with E-state index in [1.807, 2.05) is 25.9 Å². The zero-order chi connectivity index (χ0) is 13.4. The molecule has 0 aliphatic rings. The van der Waals surface area contributed by atoms with Crippen molar-refractivity contribution in [1.82, 2.24) is 4.98 Å². The first-order chi connectivity index (χ1) is 8.40. The maximum Gasteiger partial charge on any atom is 0.185 e. The number of hydrogen-bond donors (Lipinski definition) is 1. The molecule has 0 amide bonds. The lowest BCUT2D eigenvalue weighted by atomic mass is 10.1. The highest BCUT2D eigenvalue weighted by molar-refractivity contribution is 7.19. The number of aromatic hydroxyl groups is 1. The van der Waals surface area contributed by atoms with E-state index in [0.717, 1.165) is 21.8 Å². The first-order valence-electron chi connectivity index (χ1n) is 5.23. The SMILES string of the molecule is Cc1nc(N(C)C)sc1-c1cc(Cl)c(O)cc1F. The summed E-state index contributed by atoms with van der Waals surface area (Å²) < 4.78 is 13.9. The number of phenolic OH excluding ortho intramolecular Hbond substituents is 1. The predicted molar refractivity (Wildman–Crippen MR) is 73.2 cm³/mol. The minimum atomic E-state index is -0.506. The lowest BCUT2D eigenvalue weighted by molar-refractivity contribution is 0.470. The average molecular weight is 287 g/mol. The van der Waals surface area contributed by atoms with E-state index in [0.29, 0.717) is 5.56 Å². The molecule has 0 spiro atoms. The van der Waals surface area contributed by atoms with Crippen LogP contribution >= 0.6 is 22.9 Å². The summed E-state index contributed by atoms with van der Waals surface area (Å²) >= 11 is 7.20. The Morgan fingerprint density at radius 2 is 2.06 bits per heavy atom. The number of phenols is 1. The molecule has 0 bridgehead atoms. The van der Waals surface area contributed by atoms with Crippen molar-refractivity contribution in [3.05, 3.63) is 28.7 Å². The maximum atomic E-state index is 13.9. The molecule has 2 aromatic rings. The van der Waals surface area contributed by atoms with Crippen molar-refractivity contribution in [3.8, 4) is 16.2 Å². The second-order valence-electron chi connectivity index (χ2n) is 4.09. The minimum Gasteiger partial charge on any atom is -0.506 e. The monoisotopic (exact) mass is 286 g/mol. The van der Waals surface area contributed by atoms with Crippen LogP contribution in [0, 0.1) is 12.7 Å². The van der Waals surface area contributed by atoms with Crippen molar-refractivity contribution >= 4 is 28.1 Å². The zero-order valence-electron chi connectivity index (χ0n) is 10.2. The summed E-state index contributed by atoms with van der Waals surface area (Å²) in [6.45, 7) is 1.82. The molecule has 0 fully saturated rings. The number of benzene rings is 1. The van der Waals surface area contributed by atoms with Crippen LogP contribution in [0.1, 0.15) is 5.69 Å².